The number of benzene rings is 13. The molecule has 0 saturated heterocycles. The maximum absolute atomic E-state index is 6.95. The van der Waals surface area contributed by atoms with Gasteiger partial charge < -0.3 is 22.7 Å². The van der Waals surface area contributed by atoms with E-state index < -0.39 is 0 Å². The Labute approximate surface area is 569 Å². The molecule has 5 heterocycles. The molecule has 13 aromatic carbocycles. The van der Waals surface area contributed by atoms with E-state index in [0.29, 0.717) is 11.5 Å². The van der Waals surface area contributed by atoms with Crippen molar-refractivity contribution in [3.05, 3.63) is 321 Å². The number of aromatic nitrogens is 4. The third-order valence-electron chi connectivity index (χ3n) is 18.6. The molecule has 0 aliphatic carbocycles. The first-order chi connectivity index (χ1) is 46.7. The molecule has 0 aliphatic rings. The fraction of sp³-hybridized carbons (Fsp3) is 0.0455. The number of furan rings is 2. The smallest absolute Gasteiger partial charge is 0.268 e. The van der Waals surface area contributed by atoms with Crippen LogP contribution in [0.3, 0.4) is 0 Å². The monoisotopic (exact) mass is 1410 g/mol. The summed E-state index contributed by atoms with van der Waals surface area (Å²) >= 11 is 0. The van der Waals surface area contributed by atoms with Crippen molar-refractivity contribution in [2.24, 2.45) is 0 Å². The van der Waals surface area contributed by atoms with Crippen molar-refractivity contribution < 1.29 is 39.2 Å². The van der Waals surface area contributed by atoms with Gasteiger partial charge >= 0.3 is 0 Å². The van der Waals surface area contributed by atoms with Crippen LogP contribution in [0.4, 0.5) is 0 Å². The SMILES string of the molecule is CC(C)(C)c1ccnc(-n2c3[c-]c(Oc4[c-]c(-n5[c-][n+](-c6c(-c7ccc8oc9c(-c%10ccccc%10)cc(-c%10ccccc%10)cc9c8c7)cccc6-c6ccc7oc8c(-c9ccccc9)cc(-c9ccccc9)cc8c7c6)c6ccccc65)ccc4)ccc3c3ccccc32)c1.[Pt]. The summed E-state index contributed by atoms with van der Waals surface area (Å²) in [6.07, 6.45) is 5.83. The van der Waals surface area contributed by atoms with Crippen LogP contribution in [-0.4, -0.2) is 14.1 Å². The molecule has 7 nitrogen and oxygen atoms in total. The maximum Gasteiger partial charge on any atom is 0.268 e. The second kappa shape index (κ2) is 23.4. The quantitative estimate of drug-likeness (QED) is 0.0956. The Bertz CT molecular complexity index is 5820. The predicted octanol–water partition coefficient (Wildman–Crippen LogP) is 22.7. The van der Waals surface area contributed by atoms with Crippen LogP contribution >= 0.6 is 0 Å². The Morgan fingerprint density at radius 2 is 0.917 bits per heavy atom. The molecule has 0 bridgehead atoms. The van der Waals surface area contributed by atoms with Gasteiger partial charge in [-0.25, -0.2) is 4.98 Å². The van der Waals surface area contributed by atoms with Crippen molar-refractivity contribution in [3.63, 3.8) is 0 Å². The molecule has 0 aliphatic heterocycles. The minimum atomic E-state index is -0.0654. The normalized spacial score (nSPS) is 11.8. The molecule has 0 N–H and O–H groups in total. The average molecular weight is 1410 g/mol. The van der Waals surface area contributed by atoms with Crippen LogP contribution in [0.5, 0.6) is 11.5 Å². The van der Waals surface area contributed by atoms with E-state index in [4.69, 9.17) is 18.6 Å². The Morgan fingerprint density at radius 3 is 1.51 bits per heavy atom. The van der Waals surface area contributed by atoms with Crippen LogP contribution in [0, 0.1) is 18.5 Å². The minimum Gasteiger partial charge on any atom is -0.510 e. The Morgan fingerprint density at radius 1 is 0.396 bits per heavy atom. The fourth-order valence-corrected chi connectivity index (χ4v) is 13.9. The molecule has 460 valence electrons. The Kier molecular flexibility index (Phi) is 14.2. The zero-order valence-electron chi connectivity index (χ0n) is 52.6. The van der Waals surface area contributed by atoms with E-state index in [2.05, 4.69) is 326 Å². The number of nitrogens with zero attached hydrogens (tertiary/aromatic N) is 4. The van der Waals surface area contributed by atoms with Crippen LogP contribution in [-0.2, 0) is 26.5 Å². The molecule has 8 heteroatoms. The van der Waals surface area contributed by atoms with Crippen molar-refractivity contribution in [1.82, 2.24) is 14.1 Å². The molecule has 5 aromatic heterocycles. The zero-order valence-corrected chi connectivity index (χ0v) is 54.9. The molecule has 0 unspecified atom stereocenters. The van der Waals surface area contributed by atoms with Gasteiger partial charge in [0.25, 0.3) is 6.33 Å². The third-order valence-corrected chi connectivity index (χ3v) is 18.6. The van der Waals surface area contributed by atoms with Gasteiger partial charge in [-0.15, -0.1) is 29.7 Å². The van der Waals surface area contributed by atoms with E-state index in [1.54, 1.807) is 0 Å². The number of hydrogen-bond donors (Lipinski definition) is 0. The van der Waals surface area contributed by atoms with Crippen LogP contribution in [0.15, 0.2) is 306 Å². The van der Waals surface area contributed by atoms with Crippen LogP contribution in [0.2, 0.25) is 0 Å². The number of rotatable bonds is 11. The van der Waals surface area contributed by atoms with E-state index in [-0.39, 0.29) is 26.5 Å². The number of hydrogen-bond acceptors (Lipinski definition) is 4. The van der Waals surface area contributed by atoms with Crippen LogP contribution in [0.1, 0.15) is 26.3 Å². The second-order valence-electron chi connectivity index (χ2n) is 25.4. The van der Waals surface area contributed by atoms with Gasteiger partial charge in [-0.05, 0) is 144 Å². The molecule has 0 saturated carbocycles. The molecule has 0 fully saturated rings. The number of para-hydroxylation sites is 4. The second-order valence-corrected chi connectivity index (χ2v) is 25.4. The van der Waals surface area contributed by atoms with Gasteiger partial charge in [-0.1, -0.05) is 220 Å². The molecule has 96 heavy (non-hydrogen) atoms. The number of imidazole rings is 1. The zero-order chi connectivity index (χ0) is 63.3. The first-order valence-electron chi connectivity index (χ1n) is 32.1. The van der Waals surface area contributed by atoms with Crippen LogP contribution < -0.4 is 9.30 Å². The first-order valence-corrected chi connectivity index (χ1v) is 32.1. The summed E-state index contributed by atoms with van der Waals surface area (Å²) in [5.41, 5.74) is 22.7. The van der Waals surface area contributed by atoms with Gasteiger partial charge in [-0.3, -0.25) is 4.57 Å². The van der Waals surface area contributed by atoms with E-state index in [1.165, 1.54) is 5.56 Å². The van der Waals surface area contributed by atoms with Gasteiger partial charge in [-0.2, -0.15) is 18.2 Å². The van der Waals surface area contributed by atoms with Crippen molar-refractivity contribution in [2.75, 3.05) is 0 Å². The number of fused-ring (bicyclic) bond motifs is 10. The van der Waals surface area contributed by atoms with E-state index in [1.807, 2.05) is 24.4 Å². The summed E-state index contributed by atoms with van der Waals surface area (Å²) in [5.74, 6) is 1.92. The summed E-state index contributed by atoms with van der Waals surface area (Å²) in [5, 5.41) is 6.30. The van der Waals surface area contributed by atoms with Gasteiger partial charge in [0, 0.05) is 76.9 Å². The summed E-state index contributed by atoms with van der Waals surface area (Å²) in [6, 6.07) is 110. The Balaban J connectivity index is 0.00000697. The third kappa shape index (κ3) is 10.0. The molecule has 0 spiro atoms. The Hall–Kier alpha value is -11.6. The standard InChI is InChI=1S/C88H58N4O3.Pt/c1-88(2,3)64-44-45-89-84(52-64)92-78-35-17-16-32-70(78)71-41-40-67(54-81(71)92)93-66-31-20-30-65(53-66)90-55-91(80-37-19-18-36-79(80)90)85-68(60-38-42-82-74(46-60)76-50-62(56-22-8-4-9-23-56)48-72(86(76)94-82)58-26-12-6-13-27-58)33-21-34-69(85)61-39-43-83-75(47-61)77-51-63(57-24-10-5-11-25-57)49-73(87(77)95-83)59-28-14-7-15-29-59;/h4-52H,1-3H3;/q-2;. The molecular weight excluding hydrogens is 1360 g/mol. The van der Waals surface area contributed by atoms with Gasteiger partial charge in [0.2, 0.25) is 0 Å². The predicted molar refractivity (Wildman–Crippen MR) is 386 cm³/mol. The number of pyridine rings is 1. The summed E-state index contributed by atoms with van der Waals surface area (Å²) in [7, 11) is 0. The van der Waals surface area contributed by atoms with Gasteiger partial charge in [0.05, 0.1) is 16.7 Å². The molecular formula is C88H58N4O3Pt-2. The topological polar surface area (TPSA) is 62.1 Å². The van der Waals surface area contributed by atoms with E-state index in [9.17, 15) is 0 Å². The van der Waals surface area contributed by atoms with E-state index >= 15 is 0 Å². The van der Waals surface area contributed by atoms with Gasteiger partial charge in [0.1, 0.15) is 28.1 Å². The van der Waals surface area contributed by atoms with Crippen molar-refractivity contribution in [1.29, 1.82) is 0 Å². The maximum atomic E-state index is 6.95. The summed E-state index contributed by atoms with van der Waals surface area (Å²) in [6.45, 7) is 6.68. The summed E-state index contributed by atoms with van der Waals surface area (Å²) in [4.78, 5) is 4.92. The first kappa shape index (κ1) is 58.2. The molecule has 0 radical (unpaired) electrons. The molecule has 18 rings (SSSR count). The fourth-order valence-electron chi connectivity index (χ4n) is 13.9. The van der Waals surface area contributed by atoms with Crippen molar-refractivity contribution in [2.45, 2.75) is 26.2 Å². The molecule has 0 atom stereocenters. The minimum absolute atomic E-state index is 0. The number of ether oxygens (including phenoxy) is 1. The summed E-state index contributed by atoms with van der Waals surface area (Å²) < 4.78 is 27.2. The molecule has 0 amide bonds. The molecule has 18 aromatic rings. The van der Waals surface area contributed by atoms with Crippen LogP contribution in [0.25, 0.3) is 161 Å². The van der Waals surface area contributed by atoms with Crippen molar-refractivity contribution in [3.8, 4) is 95.5 Å². The average Bonchev–Trinajstić information content (AvgIpc) is 1.55. The van der Waals surface area contributed by atoms with E-state index in [0.717, 1.165) is 161 Å². The largest absolute Gasteiger partial charge is 0.510 e. The van der Waals surface area contributed by atoms with Crippen molar-refractivity contribution >= 4 is 76.7 Å². The van der Waals surface area contributed by atoms with Gasteiger partial charge in [0.15, 0.2) is 0 Å².